The van der Waals surface area contributed by atoms with E-state index in [-0.39, 0.29) is 0 Å². The molecular formula is C11H10O2S2. The van der Waals surface area contributed by atoms with Crippen LogP contribution in [0.15, 0.2) is 46.0 Å². The Balaban J connectivity index is 2.42. The highest BCUT2D eigenvalue weighted by Gasteiger charge is 2.06. The molecule has 0 radical (unpaired) electrons. The van der Waals surface area contributed by atoms with E-state index in [4.69, 9.17) is 0 Å². The summed E-state index contributed by atoms with van der Waals surface area (Å²) >= 11 is 1.63. The van der Waals surface area contributed by atoms with Gasteiger partial charge in [-0.1, -0.05) is 12.1 Å². The van der Waals surface area contributed by atoms with E-state index in [9.17, 15) is 8.42 Å². The summed E-state index contributed by atoms with van der Waals surface area (Å²) in [6, 6.07) is 8.96. The lowest BCUT2D eigenvalue weighted by molar-refractivity contribution is 0.602. The average molecular weight is 238 g/mol. The Labute approximate surface area is 93.1 Å². The predicted molar refractivity (Wildman–Crippen MR) is 62.9 cm³/mol. The molecule has 0 bridgehead atoms. The second-order valence-corrected chi connectivity index (χ2v) is 6.10. The maximum absolute atomic E-state index is 11.2. The Kier molecular flexibility index (Phi) is 2.63. The quantitative estimate of drug-likeness (QED) is 0.806. The van der Waals surface area contributed by atoms with Crippen molar-refractivity contribution in [1.82, 2.24) is 0 Å². The van der Waals surface area contributed by atoms with E-state index in [1.165, 1.54) is 6.26 Å². The first-order valence-corrected chi connectivity index (χ1v) is 7.23. The maximum Gasteiger partial charge on any atom is 0.175 e. The highest BCUT2D eigenvalue weighted by atomic mass is 32.2. The van der Waals surface area contributed by atoms with Gasteiger partial charge in [0.05, 0.1) is 4.90 Å². The summed E-state index contributed by atoms with van der Waals surface area (Å²) in [6.07, 6.45) is 1.21. The van der Waals surface area contributed by atoms with Crippen LogP contribution in [-0.4, -0.2) is 14.7 Å². The Bertz CT molecular complexity index is 537. The molecule has 2 nitrogen and oxygen atoms in total. The number of sulfone groups is 1. The third kappa shape index (κ3) is 2.27. The summed E-state index contributed by atoms with van der Waals surface area (Å²) in [4.78, 5) is 0.362. The van der Waals surface area contributed by atoms with Gasteiger partial charge in [0.1, 0.15) is 0 Å². The van der Waals surface area contributed by atoms with Crippen LogP contribution in [0.1, 0.15) is 0 Å². The minimum atomic E-state index is -3.09. The molecule has 0 amide bonds. The second-order valence-electron chi connectivity index (χ2n) is 3.31. The molecule has 0 aliphatic carbocycles. The predicted octanol–water partition coefficient (Wildman–Crippen LogP) is 2.82. The smallest absolute Gasteiger partial charge is 0.175 e. The van der Waals surface area contributed by atoms with E-state index in [1.807, 2.05) is 29.0 Å². The van der Waals surface area contributed by atoms with E-state index >= 15 is 0 Å². The van der Waals surface area contributed by atoms with Gasteiger partial charge in [-0.25, -0.2) is 8.42 Å². The summed E-state index contributed by atoms with van der Waals surface area (Å²) in [7, 11) is -3.09. The zero-order valence-electron chi connectivity index (χ0n) is 8.17. The molecule has 0 saturated heterocycles. The monoisotopic (exact) mass is 238 g/mol. The largest absolute Gasteiger partial charge is 0.224 e. The Morgan fingerprint density at radius 2 is 1.67 bits per heavy atom. The average Bonchev–Trinajstić information content (AvgIpc) is 2.69. The van der Waals surface area contributed by atoms with Crippen LogP contribution in [0, 0.1) is 0 Å². The lowest BCUT2D eigenvalue weighted by atomic mass is 10.1. The zero-order chi connectivity index (χ0) is 10.9. The minimum absolute atomic E-state index is 0.362. The lowest BCUT2D eigenvalue weighted by Crippen LogP contribution is -1.95. The zero-order valence-corrected chi connectivity index (χ0v) is 9.81. The van der Waals surface area contributed by atoms with Crippen LogP contribution >= 0.6 is 11.3 Å². The molecule has 1 aromatic carbocycles. The first kappa shape index (κ1) is 10.4. The van der Waals surface area contributed by atoms with Gasteiger partial charge in [-0.15, -0.1) is 0 Å². The van der Waals surface area contributed by atoms with Crippen molar-refractivity contribution in [3.63, 3.8) is 0 Å². The first-order chi connectivity index (χ1) is 7.07. The molecule has 1 heterocycles. The molecule has 0 saturated carbocycles. The first-order valence-electron chi connectivity index (χ1n) is 4.40. The topological polar surface area (TPSA) is 34.1 Å². The molecule has 0 N–H and O–H groups in total. The molecule has 0 aliphatic heterocycles. The molecule has 2 aromatic rings. The molecule has 78 valence electrons. The van der Waals surface area contributed by atoms with E-state index in [0.717, 1.165) is 11.1 Å². The van der Waals surface area contributed by atoms with Crippen molar-refractivity contribution in [3.05, 3.63) is 41.1 Å². The van der Waals surface area contributed by atoms with Gasteiger partial charge in [0.15, 0.2) is 9.84 Å². The molecular weight excluding hydrogens is 228 g/mol. The van der Waals surface area contributed by atoms with Crippen LogP contribution in [-0.2, 0) is 9.84 Å². The van der Waals surface area contributed by atoms with Gasteiger partial charge in [0, 0.05) is 6.26 Å². The van der Waals surface area contributed by atoms with Gasteiger partial charge in [0.2, 0.25) is 0 Å². The number of hydrogen-bond donors (Lipinski definition) is 0. The lowest BCUT2D eigenvalue weighted by Gasteiger charge is -2.00. The SMILES string of the molecule is CS(=O)(=O)c1ccc(-c2ccsc2)cc1. The third-order valence-corrected chi connectivity index (χ3v) is 3.95. The highest BCUT2D eigenvalue weighted by Crippen LogP contribution is 2.23. The molecule has 0 spiro atoms. The fourth-order valence-electron chi connectivity index (χ4n) is 1.32. The van der Waals surface area contributed by atoms with Crippen LogP contribution in [0.3, 0.4) is 0 Å². The van der Waals surface area contributed by atoms with Crippen molar-refractivity contribution in [2.24, 2.45) is 0 Å². The molecule has 1 aromatic heterocycles. The second kappa shape index (κ2) is 3.79. The highest BCUT2D eigenvalue weighted by molar-refractivity contribution is 7.90. The maximum atomic E-state index is 11.2. The van der Waals surface area contributed by atoms with Crippen molar-refractivity contribution >= 4 is 21.2 Å². The fraction of sp³-hybridized carbons (Fsp3) is 0.0909. The number of hydrogen-bond acceptors (Lipinski definition) is 3. The standard InChI is InChI=1S/C11H10O2S2/c1-15(12,13)11-4-2-9(3-5-11)10-6-7-14-8-10/h2-8H,1H3. The van der Waals surface area contributed by atoms with Gasteiger partial charge in [-0.2, -0.15) is 11.3 Å². The molecule has 0 atom stereocenters. The molecule has 0 fully saturated rings. The number of thiophene rings is 1. The summed E-state index contributed by atoms with van der Waals surface area (Å²) in [5, 5.41) is 4.04. The summed E-state index contributed by atoms with van der Waals surface area (Å²) < 4.78 is 22.5. The van der Waals surface area contributed by atoms with Gasteiger partial charge >= 0.3 is 0 Å². The van der Waals surface area contributed by atoms with Gasteiger partial charge in [-0.3, -0.25) is 0 Å². The molecule has 2 rings (SSSR count). The number of rotatable bonds is 2. The van der Waals surface area contributed by atoms with Crippen molar-refractivity contribution in [2.45, 2.75) is 4.90 Å². The van der Waals surface area contributed by atoms with Crippen LogP contribution in [0.5, 0.6) is 0 Å². The van der Waals surface area contributed by atoms with Crippen molar-refractivity contribution < 1.29 is 8.42 Å². The molecule has 15 heavy (non-hydrogen) atoms. The van der Waals surface area contributed by atoms with Crippen molar-refractivity contribution in [3.8, 4) is 11.1 Å². The number of benzene rings is 1. The normalized spacial score (nSPS) is 11.5. The molecule has 0 unspecified atom stereocenters. The van der Waals surface area contributed by atoms with Crippen LogP contribution in [0.2, 0.25) is 0 Å². The van der Waals surface area contributed by atoms with Gasteiger partial charge < -0.3 is 0 Å². The molecule has 4 heteroatoms. The summed E-state index contributed by atoms with van der Waals surface area (Å²) in [6.45, 7) is 0. The van der Waals surface area contributed by atoms with Crippen molar-refractivity contribution in [1.29, 1.82) is 0 Å². The van der Waals surface area contributed by atoms with E-state index in [2.05, 4.69) is 0 Å². The minimum Gasteiger partial charge on any atom is -0.224 e. The van der Waals surface area contributed by atoms with Crippen LogP contribution in [0.4, 0.5) is 0 Å². The van der Waals surface area contributed by atoms with Crippen LogP contribution in [0.25, 0.3) is 11.1 Å². The Hall–Kier alpha value is -1.13. The Morgan fingerprint density at radius 3 is 2.13 bits per heavy atom. The van der Waals surface area contributed by atoms with E-state index < -0.39 is 9.84 Å². The van der Waals surface area contributed by atoms with Gasteiger partial charge in [0.25, 0.3) is 0 Å². The van der Waals surface area contributed by atoms with E-state index in [0.29, 0.717) is 4.90 Å². The van der Waals surface area contributed by atoms with E-state index in [1.54, 1.807) is 23.5 Å². The fourth-order valence-corrected chi connectivity index (χ4v) is 2.62. The molecule has 0 aliphatic rings. The van der Waals surface area contributed by atoms with Crippen LogP contribution < -0.4 is 0 Å². The summed E-state index contributed by atoms with van der Waals surface area (Å²) in [5.41, 5.74) is 2.17. The third-order valence-electron chi connectivity index (χ3n) is 2.14. The Morgan fingerprint density at radius 1 is 1.00 bits per heavy atom. The van der Waals surface area contributed by atoms with Gasteiger partial charge in [-0.05, 0) is 40.1 Å². The van der Waals surface area contributed by atoms with Crippen molar-refractivity contribution in [2.75, 3.05) is 6.26 Å². The summed E-state index contributed by atoms with van der Waals surface area (Å²) in [5.74, 6) is 0.